The maximum absolute atomic E-state index is 12.5. The number of nitrogens with zero attached hydrogens (tertiary/aromatic N) is 2. The number of nitriles is 1. The third-order valence-corrected chi connectivity index (χ3v) is 5.31. The fraction of sp³-hybridized carbons (Fsp3) is 0.308. The van der Waals surface area contributed by atoms with Crippen molar-refractivity contribution in [2.24, 2.45) is 0 Å². The Hall–Kier alpha value is -1.35. The van der Waals surface area contributed by atoms with E-state index in [1.807, 2.05) is 6.07 Å². The van der Waals surface area contributed by atoms with E-state index in [0.29, 0.717) is 5.56 Å². The molecule has 0 saturated heterocycles. The highest BCUT2D eigenvalue weighted by molar-refractivity contribution is 7.89. The Morgan fingerprint density at radius 3 is 2.68 bits per heavy atom. The highest BCUT2D eigenvalue weighted by Crippen LogP contribution is 2.34. The summed E-state index contributed by atoms with van der Waals surface area (Å²) in [5, 5.41) is 8.84. The van der Waals surface area contributed by atoms with Crippen LogP contribution in [0.4, 0.5) is 0 Å². The second kappa shape index (κ2) is 5.33. The van der Waals surface area contributed by atoms with Gasteiger partial charge in [-0.1, -0.05) is 17.7 Å². The van der Waals surface area contributed by atoms with Gasteiger partial charge in [-0.25, -0.2) is 8.42 Å². The largest absolute Gasteiger partial charge is 0.245 e. The summed E-state index contributed by atoms with van der Waals surface area (Å²) >= 11 is 5.98. The molecule has 0 unspecified atom stereocenters. The standard InChI is InChI=1S/C13H13ClN2O2S/c1-2-7-16(11-4-5-11)19(17,18)13-6-3-10(9-15)8-12(13)14/h2-3,6,8,11H,1,4-5,7H2. The molecule has 4 nitrogen and oxygen atoms in total. The molecule has 0 radical (unpaired) electrons. The van der Waals surface area contributed by atoms with Crippen LogP contribution in [0.5, 0.6) is 0 Å². The second-order valence-electron chi connectivity index (χ2n) is 4.35. The summed E-state index contributed by atoms with van der Waals surface area (Å²) in [6.07, 6.45) is 3.29. The minimum Gasteiger partial charge on any atom is -0.207 e. The monoisotopic (exact) mass is 296 g/mol. The molecular weight excluding hydrogens is 284 g/mol. The summed E-state index contributed by atoms with van der Waals surface area (Å²) < 4.78 is 26.5. The number of halogens is 1. The summed E-state index contributed by atoms with van der Waals surface area (Å²) in [6.45, 7) is 3.85. The molecule has 0 amide bonds. The Balaban J connectivity index is 2.43. The molecule has 1 aliphatic rings. The minimum atomic E-state index is -3.63. The third-order valence-electron chi connectivity index (χ3n) is 2.91. The molecule has 1 aliphatic carbocycles. The van der Waals surface area contributed by atoms with Gasteiger partial charge in [-0.2, -0.15) is 9.57 Å². The van der Waals surface area contributed by atoms with E-state index in [0.717, 1.165) is 12.8 Å². The van der Waals surface area contributed by atoms with Gasteiger partial charge in [0.05, 0.1) is 16.7 Å². The molecule has 1 fully saturated rings. The van der Waals surface area contributed by atoms with Crippen molar-refractivity contribution in [3.8, 4) is 6.07 Å². The van der Waals surface area contributed by atoms with Gasteiger partial charge in [-0.3, -0.25) is 0 Å². The molecule has 19 heavy (non-hydrogen) atoms. The van der Waals surface area contributed by atoms with Gasteiger partial charge in [-0.15, -0.1) is 6.58 Å². The van der Waals surface area contributed by atoms with Crippen LogP contribution in [0.3, 0.4) is 0 Å². The maximum Gasteiger partial charge on any atom is 0.245 e. The van der Waals surface area contributed by atoms with Crippen LogP contribution in [0.2, 0.25) is 5.02 Å². The van der Waals surface area contributed by atoms with E-state index < -0.39 is 10.0 Å². The summed E-state index contributed by atoms with van der Waals surface area (Å²) in [7, 11) is -3.63. The predicted octanol–water partition coefficient (Wildman–Crippen LogP) is 2.55. The van der Waals surface area contributed by atoms with Crippen LogP contribution in [0.15, 0.2) is 35.7 Å². The molecule has 0 spiro atoms. The average molecular weight is 297 g/mol. The van der Waals surface area contributed by atoms with Crippen molar-refractivity contribution in [1.29, 1.82) is 5.26 Å². The van der Waals surface area contributed by atoms with Crippen molar-refractivity contribution in [3.63, 3.8) is 0 Å². The molecule has 0 N–H and O–H groups in total. The predicted molar refractivity (Wildman–Crippen MR) is 73.3 cm³/mol. The molecule has 1 saturated carbocycles. The summed E-state index contributed by atoms with van der Waals surface area (Å²) in [5.41, 5.74) is 0.339. The quantitative estimate of drug-likeness (QED) is 0.785. The van der Waals surface area contributed by atoms with E-state index in [2.05, 4.69) is 6.58 Å². The van der Waals surface area contributed by atoms with Gasteiger partial charge in [0.15, 0.2) is 0 Å². The Morgan fingerprint density at radius 2 is 2.21 bits per heavy atom. The van der Waals surface area contributed by atoms with Crippen molar-refractivity contribution in [2.45, 2.75) is 23.8 Å². The fourth-order valence-electron chi connectivity index (χ4n) is 1.84. The summed E-state index contributed by atoms with van der Waals surface area (Å²) in [6, 6.07) is 6.17. The molecule has 0 aliphatic heterocycles. The molecule has 0 aromatic heterocycles. The lowest BCUT2D eigenvalue weighted by atomic mass is 10.2. The number of rotatable bonds is 5. The molecule has 0 heterocycles. The van der Waals surface area contributed by atoms with Crippen molar-refractivity contribution in [2.75, 3.05) is 6.54 Å². The second-order valence-corrected chi connectivity index (χ2v) is 6.62. The Kier molecular flexibility index (Phi) is 3.95. The smallest absolute Gasteiger partial charge is 0.207 e. The normalized spacial score (nSPS) is 15.2. The van der Waals surface area contributed by atoms with E-state index in [4.69, 9.17) is 16.9 Å². The lowest BCUT2D eigenvalue weighted by molar-refractivity contribution is 0.436. The highest BCUT2D eigenvalue weighted by Gasteiger charge is 2.38. The van der Waals surface area contributed by atoms with Crippen LogP contribution in [-0.2, 0) is 10.0 Å². The Morgan fingerprint density at radius 1 is 1.53 bits per heavy atom. The first-order chi connectivity index (χ1) is 9.00. The Labute approximate surface area is 118 Å². The summed E-state index contributed by atoms with van der Waals surface area (Å²) in [4.78, 5) is 0.0434. The molecular formula is C13H13ClN2O2S. The van der Waals surface area contributed by atoms with E-state index in [1.165, 1.54) is 22.5 Å². The first-order valence-electron chi connectivity index (χ1n) is 5.83. The fourth-order valence-corrected chi connectivity index (χ4v) is 4.02. The molecule has 2 rings (SSSR count). The van der Waals surface area contributed by atoms with Crippen LogP contribution in [0.25, 0.3) is 0 Å². The van der Waals surface area contributed by atoms with Crippen LogP contribution in [-0.4, -0.2) is 25.3 Å². The first kappa shape index (κ1) is 14.1. The van der Waals surface area contributed by atoms with Gasteiger partial charge >= 0.3 is 0 Å². The molecule has 0 bridgehead atoms. The highest BCUT2D eigenvalue weighted by atomic mass is 35.5. The van der Waals surface area contributed by atoms with Gasteiger partial charge in [0, 0.05) is 12.6 Å². The zero-order valence-corrected chi connectivity index (χ0v) is 11.8. The van der Waals surface area contributed by atoms with E-state index in [-0.39, 0.29) is 22.5 Å². The van der Waals surface area contributed by atoms with Gasteiger partial charge < -0.3 is 0 Å². The Bertz CT molecular complexity index is 645. The molecule has 0 atom stereocenters. The molecule has 1 aromatic rings. The van der Waals surface area contributed by atoms with Crippen molar-refractivity contribution >= 4 is 21.6 Å². The maximum atomic E-state index is 12.5. The van der Waals surface area contributed by atoms with Crippen molar-refractivity contribution in [1.82, 2.24) is 4.31 Å². The van der Waals surface area contributed by atoms with Gasteiger partial charge in [0.1, 0.15) is 4.90 Å². The number of benzene rings is 1. The van der Waals surface area contributed by atoms with Crippen molar-refractivity contribution < 1.29 is 8.42 Å². The zero-order chi connectivity index (χ0) is 14.0. The van der Waals surface area contributed by atoms with Crippen LogP contribution < -0.4 is 0 Å². The average Bonchev–Trinajstić information content (AvgIpc) is 3.19. The number of hydrogen-bond acceptors (Lipinski definition) is 3. The summed E-state index contributed by atoms with van der Waals surface area (Å²) in [5.74, 6) is 0. The van der Waals surface area contributed by atoms with Crippen LogP contribution in [0, 0.1) is 11.3 Å². The topological polar surface area (TPSA) is 61.2 Å². The number of sulfonamides is 1. The zero-order valence-electron chi connectivity index (χ0n) is 10.2. The van der Waals surface area contributed by atoms with E-state index in [9.17, 15) is 8.42 Å². The van der Waals surface area contributed by atoms with Crippen molar-refractivity contribution in [3.05, 3.63) is 41.4 Å². The third kappa shape index (κ3) is 2.81. The van der Waals surface area contributed by atoms with Crippen LogP contribution >= 0.6 is 11.6 Å². The molecule has 6 heteroatoms. The van der Waals surface area contributed by atoms with Gasteiger partial charge in [-0.05, 0) is 31.0 Å². The van der Waals surface area contributed by atoms with E-state index in [1.54, 1.807) is 6.08 Å². The lowest BCUT2D eigenvalue weighted by Gasteiger charge is -2.20. The van der Waals surface area contributed by atoms with E-state index >= 15 is 0 Å². The molecule has 100 valence electrons. The number of hydrogen-bond donors (Lipinski definition) is 0. The minimum absolute atomic E-state index is 0.0368. The van der Waals surface area contributed by atoms with Gasteiger partial charge in [0.25, 0.3) is 0 Å². The lowest BCUT2D eigenvalue weighted by Crippen LogP contribution is -2.33. The van der Waals surface area contributed by atoms with Gasteiger partial charge in [0.2, 0.25) is 10.0 Å². The SMILES string of the molecule is C=CCN(C1CC1)S(=O)(=O)c1ccc(C#N)cc1Cl. The molecule has 1 aromatic carbocycles. The van der Waals surface area contributed by atoms with Crippen LogP contribution in [0.1, 0.15) is 18.4 Å². The first-order valence-corrected chi connectivity index (χ1v) is 7.65.